The zero-order valence-corrected chi connectivity index (χ0v) is 18.4. The van der Waals surface area contributed by atoms with E-state index in [9.17, 15) is 19.2 Å². The smallest absolute Gasteiger partial charge is 0.312 e. The van der Waals surface area contributed by atoms with E-state index in [1.807, 2.05) is 0 Å². The van der Waals surface area contributed by atoms with Crippen molar-refractivity contribution in [3.05, 3.63) is 29.8 Å². The number of benzene rings is 1. The summed E-state index contributed by atoms with van der Waals surface area (Å²) < 4.78 is 26.9. The Hall–Kier alpha value is -2.81. The fourth-order valence-electron chi connectivity index (χ4n) is 3.48. The zero-order valence-electron chi connectivity index (χ0n) is 17.7. The minimum atomic E-state index is -1.28. The van der Waals surface area contributed by atoms with Crippen LogP contribution < -0.4 is 4.74 Å². The normalized spacial score (nSPS) is 25.1. The van der Waals surface area contributed by atoms with Gasteiger partial charge < -0.3 is 23.7 Å². The second-order valence-corrected chi connectivity index (χ2v) is 7.29. The van der Waals surface area contributed by atoms with E-state index in [0.29, 0.717) is 11.6 Å². The molecule has 0 unspecified atom stereocenters. The van der Waals surface area contributed by atoms with Crippen LogP contribution in [-0.2, 0) is 44.0 Å². The Kier molecular flexibility index (Phi) is 8.67. The maximum absolute atomic E-state index is 12.5. The Balaban J connectivity index is 2.46. The largest absolute Gasteiger partial charge is 0.486 e. The molecule has 1 aliphatic carbocycles. The van der Waals surface area contributed by atoms with E-state index in [2.05, 4.69) is 0 Å². The minimum absolute atomic E-state index is 0.0163. The first-order valence-corrected chi connectivity index (χ1v) is 10.1. The maximum atomic E-state index is 12.5. The van der Waals surface area contributed by atoms with Crippen molar-refractivity contribution in [2.24, 2.45) is 5.92 Å². The van der Waals surface area contributed by atoms with Crippen molar-refractivity contribution in [3.8, 4) is 5.75 Å². The summed E-state index contributed by atoms with van der Waals surface area (Å²) >= 11 is 5.81. The fraction of sp³-hybridized carbons (Fsp3) is 0.524. The molecule has 9 nitrogen and oxygen atoms in total. The van der Waals surface area contributed by atoms with Gasteiger partial charge in [0.2, 0.25) is 0 Å². The van der Waals surface area contributed by atoms with Crippen LogP contribution in [0.5, 0.6) is 5.75 Å². The van der Waals surface area contributed by atoms with Crippen molar-refractivity contribution in [1.29, 1.82) is 0 Å². The van der Waals surface area contributed by atoms with E-state index in [-0.39, 0.29) is 6.42 Å². The molecule has 1 fully saturated rings. The molecule has 0 aromatic heterocycles. The highest BCUT2D eigenvalue weighted by atomic mass is 35.5. The molecule has 0 aliphatic heterocycles. The van der Waals surface area contributed by atoms with Crippen LogP contribution >= 0.6 is 11.6 Å². The van der Waals surface area contributed by atoms with Gasteiger partial charge in [-0.05, 0) is 17.7 Å². The van der Waals surface area contributed by atoms with Gasteiger partial charge in [0.1, 0.15) is 17.8 Å². The van der Waals surface area contributed by atoms with E-state index >= 15 is 0 Å². The number of methoxy groups -OCH3 is 1. The molecular weight excluding hydrogens is 432 g/mol. The van der Waals surface area contributed by atoms with Crippen LogP contribution in [-0.4, -0.2) is 55.4 Å². The molecule has 0 amide bonds. The average Bonchev–Trinajstić information content (AvgIpc) is 2.71. The molecule has 170 valence electrons. The molecule has 1 aromatic carbocycles. The summed E-state index contributed by atoms with van der Waals surface area (Å²) in [4.78, 5) is 47.7. The molecular formula is C21H25ClO9. The van der Waals surface area contributed by atoms with Gasteiger partial charge in [-0.25, -0.2) is 0 Å². The fourth-order valence-corrected chi connectivity index (χ4v) is 3.65. The van der Waals surface area contributed by atoms with Gasteiger partial charge in [-0.15, -0.1) is 11.6 Å². The minimum Gasteiger partial charge on any atom is -0.486 e. The van der Waals surface area contributed by atoms with Crippen molar-refractivity contribution in [1.82, 2.24) is 0 Å². The third-order valence-electron chi connectivity index (χ3n) is 4.67. The van der Waals surface area contributed by atoms with Crippen LogP contribution in [0, 0.1) is 5.92 Å². The van der Waals surface area contributed by atoms with E-state index in [1.165, 1.54) is 14.0 Å². The van der Waals surface area contributed by atoms with Crippen molar-refractivity contribution < 1.29 is 42.9 Å². The summed E-state index contributed by atoms with van der Waals surface area (Å²) in [6, 6.07) is 6.87. The van der Waals surface area contributed by atoms with E-state index in [4.69, 9.17) is 35.3 Å². The topological polar surface area (TPSA) is 114 Å². The first-order chi connectivity index (χ1) is 14.7. The molecule has 1 saturated carbocycles. The van der Waals surface area contributed by atoms with Gasteiger partial charge in [0, 0.05) is 33.1 Å². The molecule has 0 heterocycles. The van der Waals surface area contributed by atoms with E-state index < -0.39 is 54.2 Å². The van der Waals surface area contributed by atoms with E-state index in [0.717, 1.165) is 19.4 Å². The van der Waals surface area contributed by atoms with Gasteiger partial charge in [0.25, 0.3) is 0 Å². The summed E-state index contributed by atoms with van der Waals surface area (Å²) in [5.41, 5.74) is 0.870. The quantitative estimate of drug-likeness (QED) is 0.345. The summed E-state index contributed by atoms with van der Waals surface area (Å²) in [6.45, 7) is 3.49. The summed E-state index contributed by atoms with van der Waals surface area (Å²) in [6.07, 6.45) is -4.56. The molecule has 0 radical (unpaired) electrons. The summed E-state index contributed by atoms with van der Waals surface area (Å²) in [5, 5.41) is 0. The van der Waals surface area contributed by atoms with Gasteiger partial charge in [-0.2, -0.15) is 0 Å². The average molecular weight is 457 g/mol. The molecule has 0 saturated heterocycles. The number of ether oxygens (including phenoxy) is 5. The Bertz CT molecular complexity index is 808. The third kappa shape index (κ3) is 6.58. The highest BCUT2D eigenvalue weighted by molar-refractivity contribution is 6.17. The standard InChI is InChI=1S/C21H25ClO9/c1-11(23)28-18-16(21(26)27-4)9-17(31-15-7-5-14(10-22)6-8-15)19(29-12(2)24)20(18)30-13(3)25/h5-8,16-20H,9-10H2,1-4H3/t16-,17+,18+,19-,20-/m0/s1. The Labute approximate surface area is 184 Å². The van der Waals surface area contributed by atoms with Crippen LogP contribution in [0.15, 0.2) is 24.3 Å². The second kappa shape index (κ2) is 11.0. The molecule has 1 aromatic rings. The maximum Gasteiger partial charge on any atom is 0.312 e. The third-order valence-corrected chi connectivity index (χ3v) is 4.98. The second-order valence-electron chi connectivity index (χ2n) is 7.02. The van der Waals surface area contributed by atoms with Crippen molar-refractivity contribution in [2.75, 3.05) is 7.11 Å². The lowest BCUT2D eigenvalue weighted by atomic mass is 9.80. The highest BCUT2D eigenvalue weighted by Crippen LogP contribution is 2.35. The monoisotopic (exact) mass is 456 g/mol. The number of carbonyl (C=O) groups excluding carboxylic acids is 4. The first-order valence-electron chi connectivity index (χ1n) is 9.57. The summed E-state index contributed by atoms with van der Waals surface area (Å²) in [7, 11) is 1.19. The molecule has 10 heteroatoms. The number of hydrogen-bond acceptors (Lipinski definition) is 9. The zero-order chi connectivity index (χ0) is 23.1. The van der Waals surface area contributed by atoms with Gasteiger partial charge >= 0.3 is 23.9 Å². The predicted molar refractivity (Wildman–Crippen MR) is 107 cm³/mol. The van der Waals surface area contributed by atoms with Crippen molar-refractivity contribution >= 4 is 35.5 Å². The van der Waals surface area contributed by atoms with Crippen LogP contribution in [0.1, 0.15) is 32.8 Å². The van der Waals surface area contributed by atoms with E-state index in [1.54, 1.807) is 24.3 Å². The first kappa shape index (κ1) is 24.5. The van der Waals surface area contributed by atoms with Crippen molar-refractivity contribution in [3.63, 3.8) is 0 Å². The van der Waals surface area contributed by atoms with Gasteiger partial charge in [-0.3, -0.25) is 19.2 Å². The number of rotatable bonds is 7. The molecule has 1 aliphatic rings. The lowest BCUT2D eigenvalue weighted by Gasteiger charge is -2.43. The number of hydrogen-bond donors (Lipinski definition) is 0. The number of esters is 4. The SMILES string of the molecule is COC(=O)[C@H]1C[C@@H](Oc2ccc(CCl)cc2)[C@H](OC(C)=O)[C@@H](OC(C)=O)[C@@H]1OC(C)=O. The number of carbonyl (C=O) groups is 4. The van der Waals surface area contributed by atoms with Gasteiger partial charge in [0.15, 0.2) is 18.3 Å². The molecule has 0 bridgehead atoms. The predicted octanol–water partition coefficient (Wildman–Crippen LogP) is 2.16. The lowest BCUT2D eigenvalue weighted by molar-refractivity contribution is -0.213. The summed E-state index contributed by atoms with van der Waals surface area (Å²) in [5.74, 6) is -3.03. The lowest BCUT2D eigenvalue weighted by Crippen LogP contribution is -2.61. The van der Waals surface area contributed by atoms with Gasteiger partial charge in [-0.1, -0.05) is 12.1 Å². The Morgan fingerprint density at radius 1 is 0.871 bits per heavy atom. The molecule has 0 N–H and O–H groups in total. The highest BCUT2D eigenvalue weighted by Gasteiger charge is 2.54. The van der Waals surface area contributed by atoms with Crippen LogP contribution in [0.2, 0.25) is 0 Å². The Morgan fingerprint density at radius 3 is 1.87 bits per heavy atom. The molecule has 5 atom stereocenters. The number of alkyl halides is 1. The molecule has 2 rings (SSSR count). The van der Waals surface area contributed by atoms with Crippen LogP contribution in [0.25, 0.3) is 0 Å². The number of halogens is 1. The van der Waals surface area contributed by atoms with Crippen molar-refractivity contribution in [2.45, 2.75) is 57.5 Å². The molecule has 0 spiro atoms. The van der Waals surface area contributed by atoms with Crippen LogP contribution in [0.4, 0.5) is 0 Å². The Morgan fingerprint density at radius 2 is 1.39 bits per heavy atom. The van der Waals surface area contributed by atoms with Crippen LogP contribution in [0.3, 0.4) is 0 Å². The molecule has 31 heavy (non-hydrogen) atoms. The van der Waals surface area contributed by atoms with Gasteiger partial charge in [0.05, 0.1) is 7.11 Å².